The van der Waals surface area contributed by atoms with E-state index in [-0.39, 0.29) is 52.7 Å². The molecule has 4 N–H and O–H groups in total. The molecule has 2 saturated heterocycles. The number of halogens is 1. The summed E-state index contributed by atoms with van der Waals surface area (Å²) in [5.74, 6) is -1.67. The van der Waals surface area contributed by atoms with Crippen LogP contribution < -0.4 is 15.1 Å². The topological polar surface area (TPSA) is 149 Å². The molecule has 0 radical (unpaired) electrons. The van der Waals surface area contributed by atoms with E-state index in [9.17, 15) is 30.0 Å². The number of ether oxygens (including phenoxy) is 1. The van der Waals surface area contributed by atoms with Crippen LogP contribution in [0.25, 0.3) is 10.9 Å². The van der Waals surface area contributed by atoms with E-state index in [4.69, 9.17) is 4.74 Å². The number of aliphatic hydroxyl groups excluding tert-OH is 2. The molecule has 1 aliphatic carbocycles. The van der Waals surface area contributed by atoms with Gasteiger partial charge >= 0.3 is 5.97 Å². The summed E-state index contributed by atoms with van der Waals surface area (Å²) in [7, 11) is 1.44. The number of piperidine rings is 1. The maximum Gasteiger partial charge on any atom is 0.341 e. The third kappa shape index (κ3) is 4.58. The SMILES string of the molecule is COc1c(N2C[C@@H]3CCCN(Cc4nc(C)c(O)c(CO)c4CO)[C@@H]3C2)c(F)cc2c(=O)c(C(=O)O)cn(C3CC3)c12. The number of fused-ring (bicyclic) bond motifs is 2. The summed E-state index contributed by atoms with van der Waals surface area (Å²) in [6, 6.07) is 1.20. The number of aromatic hydroxyl groups is 1. The maximum absolute atomic E-state index is 16.0. The molecule has 42 heavy (non-hydrogen) atoms. The summed E-state index contributed by atoms with van der Waals surface area (Å²) in [4.78, 5) is 33.6. The lowest BCUT2D eigenvalue weighted by Gasteiger charge is -2.37. The van der Waals surface area contributed by atoms with Crippen molar-refractivity contribution in [3.8, 4) is 11.5 Å². The van der Waals surface area contributed by atoms with Crippen molar-refractivity contribution in [2.45, 2.75) is 64.4 Å². The normalized spacial score (nSPS) is 20.7. The number of nitrogens with zero attached hydrogens (tertiary/aromatic N) is 4. The highest BCUT2D eigenvalue weighted by Gasteiger charge is 2.42. The lowest BCUT2D eigenvalue weighted by atomic mass is 9.91. The van der Waals surface area contributed by atoms with Crippen molar-refractivity contribution in [3.05, 3.63) is 56.4 Å². The summed E-state index contributed by atoms with van der Waals surface area (Å²) in [6.45, 7) is 3.10. The number of aliphatic hydroxyl groups is 2. The molecule has 2 aliphatic heterocycles. The molecule has 0 amide bonds. The van der Waals surface area contributed by atoms with Crippen molar-refractivity contribution in [2.24, 2.45) is 5.92 Å². The van der Waals surface area contributed by atoms with E-state index in [0.29, 0.717) is 42.1 Å². The van der Waals surface area contributed by atoms with Gasteiger partial charge in [-0.2, -0.15) is 0 Å². The van der Waals surface area contributed by atoms with Crippen molar-refractivity contribution in [2.75, 3.05) is 31.6 Å². The van der Waals surface area contributed by atoms with Crippen molar-refractivity contribution < 1.29 is 34.3 Å². The first-order valence-corrected chi connectivity index (χ1v) is 14.3. The first-order chi connectivity index (χ1) is 20.2. The Hall–Kier alpha value is -3.74. The van der Waals surface area contributed by atoms with Crippen LogP contribution in [0.4, 0.5) is 10.1 Å². The molecule has 3 fully saturated rings. The van der Waals surface area contributed by atoms with Crippen LogP contribution in [0.3, 0.4) is 0 Å². The van der Waals surface area contributed by atoms with Gasteiger partial charge < -0.3 is 34.6 Å². The largest absolute Gasteiger partial charge is 0.506 e. The van der Waals surface area contributed by atoms with E-state index in [0.717, 1.165) is 38.3 Å². The molecule has 224 valence electrons. The second-order valence-electron chi connectivity index (χ2n) is 11.6. The predicted octanol–water partition coefficient (Wildman–Crippen LogP) is 2.68. The van der Waals surface area contributed by atoms with Crippen molar-refractivity contribution in [1.29, 1.82) is 0 Å². The first-order valence-electron chi connectivity index (χ1n) is 14.3. The minimum Gasteiger partial charge on any atom is -0.506 e. The standard InChI is InChI=1S/C30H35FN4O7/c1-15-27(38)21(14-37)20(13-36)23(32-15)11-33-7-3-4-16-9-34(12-24(16)33)26-22(31)8-18-25(29(26)42-2)35(17-5-6-17)10-19(28(18)39)30(40)41/h8,10,16-17,24,36-38H,3-7,9,11-14H2,1-2H3,(H,40,41)/t16-,24+/m0/s1. The molecular weight excluding hydrogens is 547 g/mol. The molecule has 2 atom stereocenters. The van der Waals surface area contributed by atoms with E-state index in [1.54, 1.807) is 11.5 Å². The Balaban J connectivity index is 1.39. The third-order valence-electron chi connectivity index (χ3n) is 9.10. The van der Waals surface area contributed by atoms with E-state index in [2.05, 4.69) is 9.88 Å². The molecule has 0 bridgehead atoms. The van der Waals surface area contributed by atoms with Crippen LogP contribution in [0, 0.1) is 18.7 Å². The number of rotatable bonds is 8. The van der Waals surface area contributed by atoms with Gasteiger partial charge in [0, 0.05) is 49.0 Å². The zero-order valence-electron chi connectivity index (χ0n) is 23.6. The van der Waals surface area contributed by atoms with Gasteiger partial charge in [-0.3, -0.25) is 14.7 Å². The number of carboxylic acid groups (broad SMARTS) is 1. The third-order valence-corrected chi connectivity index (χ3v) is 9.10. The Bertz CT molecular complexity index is 1640. The van der Waals surface area contributed by atoms with Crippen LogP contribution in [0.5, 0.6) is 11.5 Å². The van der Waals surface area contributed by atoms with Gasteiger partial charge in [-0.1, -0.05) is 0 Å². The molecule has 12 heteroatoms. The summed E-state index contributed by atoms with van der Waals surface area (Å²) in [5, 5.41) is 39.9. The van der Waals surface area contributed by atoms with Gasteiger partial charge in [-0.25, -0.2) is 9.18 Å². The molecular formula is C30H35FN4O7. The molecule has 2 aromatic heterocycles. The van der Waals surface area contributed by atoms with E-state index >= 15 is 4.39 Å². The Kier molecular flexibility index (Phi) is 7.32. The number of carboxylic acids is 1. The number of hydrogen-bond acceptors (Lipinski definition) is 9. The lowest BCUT2D eigenvalue weighted by molar-refractivity contribution is 0.0694. The van der Waals surface area contributed by atoms with E-state index in [1.807, 2.05) is 4.90 Å². The van der Waals surface area contributed by atoms with Gasteiger partial charge in [0.1, 0.15) is 17.0 Å². The fourth-order valence-corrected chi connectivity index (χ4v) is 6.92. The summed E-state index contributed by atoms with van der Waals surface area (Å²) < 4.78 is 23.5. The van der Waals surface area contributed by atoms with Crippen LogP contribution >= 0.6 is 0 Å². The number of aryl methyl sites for hydroxylation is 1. The highest BCUT2D eigenvalue weighted by Crippen LogP contribution is 2.46. The van der Waals surface area contributed by atoms with Gasteiger partial charge in [0.2, 0.25) is 5.43 Å². The highest BCUT2D eigenvalue weighted by molar-refractivity contribution is 5.97. The molecule has 0 spiro atoms. The van der Waals surface area contributed by atoms with Crippen LogP contribution in [0.15, 0.2) is 17.1 Å². The zero-order valence-corrected chi connectivity index (χ0v) is 23.6. The quantitative estimate of drug-likeness (QED) is 0.312. The number of aromatic nitrogens is 2. The maximum atomic E-state index is 16.0. The number of hydrogen-bond donors (Lipinski definition) is 4. The average molecular weight is 583 g/mol. The zero-order chi connectivity index (χ0) is 29.9. The molecule has 6 rings (SSSR count). The molecule has 1 aromatic carbocycles. The summed E-state index contributed by atoms with van der Waals surface area (Å²) in [5.41, 5.74) is 1.20. The van der Waals surface area contributed by atoms with Crippen LogP contribution in [0.1, 0.15) is 64.6 Å². The highest BCUT2D eigenvalue weighted by atomic mass is 19.1. The van der Waals surface area contributed by atoms with Crippen molar-refractivity contribution >= 4 is 22.6 Å². The number of aromatic carboxylic acids is 1. The molecule has 4 heterocycles. The number of methoxy groups -OCH3 is 1. The van der Waals surface area contributed by atoms with Crippen LogP contribution in [-0.2, 0) is 19.8 Å². The smallest absolute Gasteiger partial charge is 0.341 e. The number of pyridine rings is 2. The monoisotopic (exact) mass is 582 g/mol. The summed E-state index contributed by atoms with van der Waals surface area (Å²) >= 11 is 0. The minimum absolute atomic E-state index is 0.0110. The van der Waals surface area contributed by atoms with Gasteiger partial charge in [0.15, 0.2) is 11.6 Å². The van der Waals surface area contributed by atoms with Crippen molar-refractivity contribution in [3.63, 3.8) is 0 Å². The predicted molar refractivity (Wildman–Crippen MR) is 152 cm³/mol. The Morgan fingerprint density at radius 2 is 1.90 bits per heavy atom. The fourth-order valence-electron chi connectivity index (χ4n) is 6.92. The van der Waals surface area contributed by atoms with Crippen LogP contribution in [0.2, 0.25) is 0 Å². The number of anilines is 1. The summed E-state index contributed by atoms with van der Waals surface area (Å²) in [6.07, 6.45) is 4.87. The number of benzene rings is 1. The second kappa shape index (κ2) is 10.8. The van der Waals surface area contributed by atoms with E-state index in [1.165, 1.54) is 13.3 Å². The van der Waals surface area contributed by atoms with Crippen LogP contribution in [-0.4, -0.2) is 73.6 Å². The minimum atomic E-state index is -1.35. The Morgan fingerprint density at radius 1 is 1.17 bits per heavy atom. The molecule has 0 unspecified atom stereocenters. The number of carbonyl (C=O) groups is 1. The van der Waals surface area contributed by atoms with Gasteiger partial charge in [0.25, 0.3) is 0 Å². The second-order valence-corrected chi connectivity index (χ2v) is 11.6. The Labute approximate surface area is 241 Å². The average Bonchev–Trinajstić information content (AvgIpc) is 3.72. The lowest BCUT2D eigenvalue weighted by Crippen LogP contribution is -2.45. The molecule has 3 aliphatic rings. The van der Waals surface area contributed by atoms with Gasteiger partial charge in [0.05, 0.1) is 42.6 Å². The van der Waals surface area contributed by atoms with Gasteiger partial charge in [-0.05, 0) is 51.1 Å². The van der Waals surface area contributed by atoms with Gasteiger partial charge in [-0.15, -0.1) is 0 Å². The molecule has 1 saturated carbocycles. The molecule has 3 aromatic rings. The Morgan fingerprint density at radius 3 is 2.55 bits per heavy atom. The van der Waals surface area contributed by atoms with Crippen molar-refractivity contribution in [1.82, 2.24) is 14.5 Å². The first kappa shape index (κ1) is 28.4. The number of likely N-dealkylation sites (tertiary alicyclic amines) is 1. The molecule has 11 nitrogen and oxygen atoms in total. The van der Waals surface area contributed by atoms with E-state index < -0.39 is 29.4 Å². The fraction of sp³-hybridized carbons (Fsp3) is 0.500.